The van der Waals surface area contributed by atoms with E-state index in [0.717, 1.165) is 0 Å². The predicted molar refractivity (Wildman–Crippen MR) is 92.8 cm³/mol. The van der Waals surface area contributed by atoms with Gasteiger partial charge in [-0.05, 0) is 48.9 Å². The molecule has 0 radical (unpaired) electrons. The van der Waals surface area contributed by atoms with Gasteiger partial charge in [0.1, 0.15) is 18.9 Å². The lowest BCUT2D eigenvalue weighted by molar-refractivity contribution is -0.384. The quantitative estimate of drug-likeness (QED) is 0.441. The molecule has 0 aliphatic rings. The van der Waals surface area contributed by atoms with Crippen molar-refractivity contribution in [2.24, 2.45) is 0 Å². The molecule has 0 spiro atoms. The molecule has 26 heavy (non-hydrogen) atoms. The van der Waals surface area contributed by atoms with Crippen LogP contribution in [0.1, 0.15) is 22.8 Å². The summed E-state index contributed by atoms with van der Waals surface area (Å²) in [5.74, 6) is -0.352. The van der Waals surface area contributed by atoms with Gasteiger partial charge >= 0.3 is 5.97 Å². The van der Waals surface area contributed by atoms with Crippen LogP contribution in [0.25, 0.3) is 0 Å². The van der Waals surface area contributed by atoms with Gasteiger partial charge in [-0.3, -0.25) is 19.7 Å². The average Bonchev–Trinajstić information content (AvgIpc) is 2.65. The second-order valence-corrected chi connectivity index (χ2v) is 5.22. The van der Waals surface area contributed by atoms with E-state index in [2.05, 4.69) is 5.32 Å². The summed E-state index contributed by atoms with van der Waals surface area (Å²) in [7, 11) is 0. The van der Waals surface area contributed by atoms with Crippen molar-refractivity contribution < 1.29 is 24.0 Å². The highest BCUT2D eigenvalue weighted by atomic mass is 16.6. The largest absolute Gasteiger partial charge is 0.494 e. The molecule has 0 aliphatic heterocycles. The summed E-state index contributed by atoms with van der Waals surface area (Å²) in [5, 5.41) is 13.0. The van der Waals surface area contributed by atoms with Crippen molar-refractivity contribution in [2.75, 3.05) is 13.2 Å². The van der Waals surface area contributed by atoms with Gasteiger partial charge in [0.15, 0.2) is 0 Å². The second-order valence-electron chi connectivity index (χ2n) is 5.22. The summed E-state index contributed by atoms with van der Waals surface area (Å²) >= 11 is 0. The summed E-state index contributed by atoms with van der Waals surface area (Å²) in [6.07, 6.45) is 0. The first-order chi connectivity index (χ1) is 12.5. The van der Waals surface area contributed by atoms with Crippen molar-refractivity contribution in [1.82, 2.24) is 5.32 Å². The molecule has 0 heterocycles. The van der Waals surface area contributed by atoms with Gasteiger partial charge in [-0.2, -0.15) is 0 Å². The fourth-order valence-electron chi connectivity index (χ4n) is 2.05. The number of nitro benzene ring substituents is 1. The number of non-ortho nitro benzene ring substituents is 1. The van der Waals surface area contributed by atoms with E-state index in [4.69, 9.17) is 9.47 Å². The Balaban J connectivity index is 1.77. The third-order valence-corrected chi connectivity index (χ3v) is 3.37. The van der Waals surface area contributed by atoms with Gasteiger partial charge in [0.25, 0.3) is 11.6 Å². The van der Waals surface area contributed by atoms with Crippen LogP contribution < -0.4 is 10.1 Å². The summed E-state index contributed by atoms with van der Waals surface area (Å²) in [6, 6.07) is 12.2. The number of amides is 1. The van der Waals surface area contributed by atoms with Crippen LogP contribution in [0.5, 0.6) is 5.75 Å². The Hall–Kier alpha value is -3.42. The molecule has 8 heteroatoms. The molecule has 0 atom stereocenters. The van der Waals surface area contributed by atoms with Crippen molar-refractivity contribution in [2.45, 2.75) is 13.5 Å². The van der Waals surface area contributed by atoms with Crippen LogP contribution in [0, 0.1) is 10.1 Å². The standard InChI is InChI=1S/C18H18N2O6/c1-2-25-16-9-5-14(6-10-16)18(22)19-11-17(21)26-12-13-3-7-15(8-4-13)20(23)24/h3-10H,2,11-12H2,1H3,(H,19,22). The molecule has 136 valence electrons. The van der Waals surface area contributed by atoms with E-state index in [1.165, 1.54) is 24.3 Å². The van der Waals surface area contributed by atoms with E-state index in [9.17, 15) is 19.7 Å². The maximum atomic E-state index is 12.0. The van der Waals surface area contributed by atoms with E-state index < -0.39 is 16.8 Å². The van der Waals surface area contributed by atoms with Crippen molar-refractivity contribution in [3.05, 3.63) is 69.8 Å². The molecule has 0 saturated carbocycles. The number of nitrogens with zero attached hydrogens (tertiary/aromatic N) is 1. The van der Waals surface area contributed by atoms with Gasteiger partial charge in [-0.25, -0.2) is 0 Å². The zero-order chi connectivity index (χ0) is 18.9. The van der Waals surface area contributed by atoms with Crippen LogP contribution in [0.15, 0.2) is 48.5 Å². The zero-order valence-electron chi connectivity index (χ0n) is 14.1. The van der Waals surface area contributed by atoms with Crippen LogP contribution in [0.2, 0.25) is 0 Å². The molecule has 0 bridgehead atoms. The van der Waals surface area contributed by atoms with Gasteiger partial charge in [0.2, 0.25) is 0 Å². The molecule has 0 unspecified atom stereocenters. The van der Waals surface area contributed by atoms with Gasteiger partial charge < -0.3 is 14.8 Å². The first-order valence-electron chi connectivity index (χ1n) is 7.89. The highest BCUT2D eigenvalue weighted by Crippen LogP contribution is 2.13. The van der Waals surface area contributed by atoms with Crippen LogP contribution in [0.4, 0.5) is 5.69 Å². The van der Waals surface area contributed by atoms with Crippen molar-refractivity contribution in [3.63, 3.8) is 0 Å². The molecular formula is C18H18N2O6. The number of nitrogens with one attached hydrogen (secondary N) is 1. The molecule has 2 aromatic carbocycles. The predicted octanol–water partition coefficient (Wildman–Crippen LogP) is 2.47. The minimum Gasteiger partial charge on any atom is -0.494 e. The number of carbonyl (C=O) groups is 2. The SMILES string of the molecule is CCOc1ccc(C(=O)NCC(=O)OCc2ccc([N+](=O)[O-])cc2)cc1. The summed E-state index contributed by atoms with van der Waals surface area (Å²) in [4.78, 5) is 33.7. The number of ether oxygens (including phenoxy) is 2. The average molecular weight is 358 g/mol. The highest BCUT2D eigenvalue weighted by molar-refractivity contribution is 5.96. The zero-order valence-corrected chi connectivity index (χ0v) is 14.1. The first-order valence-corrected chi connectivity index (χ1v) is 7.89. The Morgan fingerprint density at radius 3 is 2.31 bits per heavy atom. The Bertz CT molecular complexity index is 771. The lowest BCUT2D eigenvalue weighted by Crippen LogP contribution is -2.30. The number of nitro groups is 1. The lowest BCUT2D eigenvalue weighted by atomic mass is 10.2. The number of esters is 1. The molecule has 0 aromatic heterocycles. The fraction of sp³-hybridized carbons (Fsp3) is 0.222. The van der Waals surface area contributed by atoms with Crippen molar-refractivity contribution >= 4 is 17.6 Å². The molecule has 0 aliphatic carbocycles. The van der Waals surface area contributed by atoms with Crippen LogP contribution in [-0.2, 0) is 16.1 Å². The number of rotatable bonds is 8. The molecule has 1 N–H and O–H groups in total. The lowest BCUT2D eigenvalue weighted by Gasteiger charge is -2.07. The van der Waals surface area contributed by atoms with Crippen LogP contribution in [-0.4, -0.2) is 30.0 Å². The Labute approximate surface area is 149 Å². The van der Waals surface area contributed by atoms with Crippen LogP contribution in [0.3, 0.4) is 0 Å². The smallest absolute Gasteiger partial charge is 0.325 e. The number of benzene rings is 2. The van der Waals surface area contributed by atoms with Gasteiger partial charge in [0.05, 0.1) is 11.5 Å². The Morgan fingerprint density at radius 2 is 1.73 bits per heavy atom. The van der Waals surface area contributed by atoms with E-state index >= 15 is 0 Å². The molecule has 0 saturated heterocycles. The number of hydrogen-bond donors (Lipinski definition) is 1. The maximum absolute atomic E-state index is 12.0. The minimum atomic E-state index is -0.609. The topological polar surface area (TPSA) is 108 Å². The monoisotopic (exact) mass is 358 g/mol. The number of carbonyl (C=O) groups excluding carboxylic acids is 2. The third-order valence-electron chi connectivity index (χ3n) is 3.37. The molecule has 0 fully saturated rings. The Morgan fingerprint density at radius 1 is 1.08 bits per heavy atom. The van der Waals surface area contributed by atoms with E-state index in [-0.39, 0.29) is 18.8 Å². The molecule has 2 rings (SSSR count). The van der Waals surface area contributed by atoms with Gasteiger partial charge in [-0.1, -0.05) is 0 Å². The van der Waals surface area contributed by atoms with Gasteiger partial charge in [0, 0.05) is 17.7 Å². The highest BCUT2D eigenvalue weighted by Gasteiger charge is 2.10. The molecule has 1 amide bonds. The van der Waals surface area contributed by atoms with Gasteiger partial charge in [-0.15, -0.1) is 0 Å². The molecule has 8 nitrogen and oxygen atoms in total. The normalized spacial score (nSPS) is 10.0. The molecular weight excluding hydrogens is 340 g/mol. The Kier molecular flexibility index (Phi) is 6.67. The van der Waals surface area contributed by atoms with Crippen LogP contribution >= 0.6 is 0 Å². The van der Waals surface area contributed by atoms with E-state index in [1.807, 2.05) is 6.92 Å². The third kappa shape index (κ3) is 5.59. The van der Waals surface area contributed by atoms with Crippen molar-refractivity contribution in [1.29, 1.82) is 0 Å². The summed E-state index contributed by atoms with van der Waals surface area (Å²) in [5.41, 5.74) is 0.973. The first kappa shape index (κ1) is 18.9. The van der Waals surface area contributed by atoms with E-state index in [0.29, 0.717) is 23.5 Å². The van der Waals surface area contributed by atoms with E-state index in [1.54, 1.807) is 24.3 Å². The summed E-state index contributed by atoms with van der Waals surface area (Å²) in [6.45, 7) is 2.09. The van der Waals surface area contributed by atoms with Crippen molar-refractivity contribution in [3.8, 4) is 5.75 Å². The number of hydrogen-bond acceptors (Lipinski definition) is 6. The minimum absolute atomic E-state index is 0.0320. The second kappa shape index (κ2) is 9.16. The fourth-order valence-corrected chi connectivity index (χ4v) is 2.05. The summed E-state index contributed by atoms with van der Waals surface area (Å²) < 4.78 is 10.3. The molecule has 2 aromatic rings. The maximum Gasteiger partial charge on any atom is 0.325 e.